The van der Waals surface area contributed by atoms with E-state index in [9.17, 15) is 4.39 Å². The van der Waals surface area contributed by atoms with Crippen LogP contribution in [0.3, 0.4) is 0 Å². The zero-order valence-corrected chi connectivity index (χ0v) is 7.15. The quantitative estimate of drug-likeness (QED) is 0.640. The summed E-state index contributed by atoms with van der Waals surface area (Å²) in [6.45, 7) is 1.90. The fraction of sp³-hybridized carbons (Fsp3) is 0.286. The third kappa shape index (κ3) is 1.53. The Labute approximate surface area is 67.4 Å². The average molecular weight is 204 g/mol. The van der Waals surface area contributed by atoms with Crippen molar-refractivity contribution < 1.29 is 4.39 Å². The van der Waals surface area contributed by atoms with Crippen LogP contribution < -0.4 is 0 Å². The number of hydrogen-bond acceptors (Lipinski definition) is 1. The molecule has 0 spiro atoms. The van der Waals surface area contributed by atoms with Crippen LogP contribution in [-0.2, 0) is 6.42 Å². The first-order valence-electron chi connectivity index (χ1n) is 3.04. The van der Waals surface area contributed by atoms with Gasteiger partial charge in [0.15, 0.2) is 0 Å². The maximum Gasteiger partial charge on any atom is 0.216 e. The van der Waals surface area contributed by atoms with Crippen molar-refractivity contribution in [2.45, 2.75) is 13.3 Å². The molecular formula is C7H7BrFN. The Hall–Kier alpha value is -0.440. The predicted molar refractivity (Wildman–Crippen MR) is 41.3 cm³/mol. The number of pyridine rings is 1. The van der Waals surface area contributed by atoms with Crippen LogP contribution in [0.1, 0.15) is 12.5 Å². The Morgan fingerprint density at radius 1 is 1.70 bits per heavy atom. The fourth-order valence-corrected chi connectivity index (χ4v) is 1.09. The van der Waals surface area contributed by atoms with E-state index < -0.39 is 0 Å². The van der Waals surface area contributed by atoms with Gasteiger partial charge in [0.1, 0.15) is 0 Å². The van der Waals surface area contributed by atoms with E-state index in [0.717, 1.165) is 4.47 Å². The SMILES string of the molecule is CCc1cc(Br)cnc1F. The molecule has 0 amide bonds. The lowest BCUT2D eigenvalue weighted by Crippen LogP contribution is -1.90. The first kappa shape index (κ1) is 7.66. The van der Waals surface area contributed by atoms with Crippen molar-refractivity contribution in [1.82, 2.24) is 4.98 Å². The number of hydrogen-bond donors (Lipinski definition) is 0. The van der Waals surface area contributed by atoms with Gasteiger partial charge >= 0.3 is 0 Å². The highest BCUT2D eigenvalue weighted by molar-refractivity contribution is 9.10. The third-order valence-corrected chi connectivity index (χ3v) is 1.69. The lowest BCUT2D eigenvalue weighted by molar-refractivity contribution is 0.568. The Balaban J connectivity index is 3.09. The molecule has 1 aromatic heterocycles. The van der Waals surface area contributed by atoms with Gasteiger partial charge in [-0.1, -0.05) is 6.92 Å². The summed E-state index contributed by atoms with van der Waals surface area (Å²) in [5, 5.41) is 0. The monoisotopic (exact) mass is 203 g/mol. The van der Waals surface area contributed by atoms with Crippen molar-refractivity contribution in [2.24, 2.45) is 0 Å². The van der Waals surface area contributed by atoms with Crippen LogP contribution in [0.2, 0.25) is 0 Å². The molecule has 0 unspecified atom stereocenters. The van der Waals surface area contributed by atoms with Crippen molar-refractivity contribution in [3.8, 4) is 0 Å². The highest BCUT2D eigenvalue weighted by Gasteiger charge is 1.99. The van der Waals surface area contributed by atoms with Crippen LogP contribution in [0.15, 0.2) is 16.7 Å². The number of aromatic nitrogens is 1. The Morgan fingerprint density at radius 3 is 2.90 bits per heavy atom. The molecule has 0 aromatic carbocycles. The van der Waals surface area contributed by atoms with E-state index in [0.29, 0.717) is 12.0 Å². The molecule has 10 heavy (non-hydrogen) atoms. The number of rotatable bonds is 1. The third-order valence-electron chi connectivity index (χ3n) is 1.26. The summed E-state index contributed by atoms with van der Waals surface area (Å²) in [6.07, 6.45) is 2.13. The van der Waals surface area contributed by atoms with Crippen LogP contribution in [0, 0.1) is 5.95 Å². The van der Waals surface area contributed by atoms with Gasteiger partial charge in [0.05, 0.1) is 0 Å². The molecular weight excluding hydrogens is 197 g/mol. The first-order chi connectivity index (χ1) is 4.74. The molecule has 0 saturated carbocycles. The maximum atomic E-state index is 12.6. The summed E-state index contributed by atoms with van der Waals surface area (Å²) in [4.78, 5) is 3.54. The smallest absolute Gasteiger partial charge is 0.216 e. The normalized spacial score (nSPS) is 9.90. The van der Waals surface area contributed by atoms with Crippen LogP contribution in [0.25, 0.3) is 0 Å². The van der Waals surface area contributed by atoms with E-state index in [1.165, 1.54) is 6.20 Å². The molecule has 1 heterocycles. The van der Waals surface area contributed by atoms with Gasteiger partial charge in [0.2, 0.25) is 5.95 Å². The van der Waals surface area contributed by atoms with Gasteiger partial charge in [-0.2, -0.15) is 4.39 Å². The molecule has 1 aromatic rings. The summed E-state index contributed by atoms with van der Waals surface area (Å²) < 4.78 is 13.5. The molecule has 1 nitrogen and oxygen atoms in total. The molecule has 3 heteroatoms. The molecule has 0 aliphatic heterocycles. The van der Waals surface area contributed by atoms with Gasteiger partial charge in [-0.15, -0.1) is 0 Å². The van der Waals surface area contributed by atoms with E-state index in [-0.39, 0.29) is 5.95 Å². The molecule has 0 aliphatic carbocycles. The minimum atomic E-state index is -0.370. The van der Waals surface area contributed by atoms with E-state index in [2.05, 4.69) is 20.9 Å². The number of nitrogens with zero attached hydrogens (tertiary/aromatic N) is 1. The number of halogens is 2. The largest absolute Gasteiger partial charge is 0.227 e. The second-order valence-electron chi connectivity index (χ2n) is 1.96. The van der Waals surface area contributed by atoms with Crippen LogP contribution >= 0.6 is 15.9 Å². The fourth-order valence-electron chi connectivity index (χ4n) is 0.712. The average Bonchev–Trinajstić information content (AvgIpc) is 1.94. The Morgan fingerprint density at radius 2 is 2.40 bits per heavy atom. The number of aryl methyl sites for hydroxylation is 1. The Bertz CT molecular complexity index is 237. The Kier molecular flexibility index (Phi) is 2.38. The molecule has 0 N–H and O–H groups in total. The van der Waals surface area contributed by atoms with Crippen LogP contribution in [-0.4, -0.2) is 4.98 Å². The van der Waals surface area contributed by atoms with Crippen LogP contribution in [0.4, 0.5) is 4.39 Å². The van der Waals surface area contributed by atoms with Gasteiger partial charge in [0, 0.05) is 16.2 Å². The van der Waals surface area contributed by atoms with Crippen molar-refractivity contribution in [2.75, 3.05) is 0 Å². The standard InChI is InChI=1S/C7H7BrFN/c1-2-5-3-6(8)4-10-7(5)9/h3-4H,2H2,1H3. The summed E-state index contributed by atoms with van der Waals surface area (Å²) in [5.41, 5.74) is 0.648. The van der Waals surface area contributed by atoms with E-state index in [4.69, 9.17) is 0 Å². The zero-order chi connectivity index (χ0) is 7.56. The molecule has 0 fully saturated rings. The minimum Gasteiger partial charge on any atom is -0.227 e. The van der Waals surface area contributed by atoms with Crippen molar-refractivity contribution in [1.29, 1.82) is 0 Å². The zero-order valence-electron chi connectivity index (χ0n) is 5.56. The van der Waals surface area contributed by atoms with E-state index >= 15 is 0 Å². The molecule has 54 valence electrons. The van der Waals surface area contributed by atoms with Gasteiger partial charge < -0.3 is 0 Å². The molecule has 0 bridgehead atoms. The second kappa shape index (κ2) is 3.10. The summed E-state index contributed by atoms with van der Waals surface area (Å²) in [6, 6.07) is 1.74. The van der Waals surface area contributed by atoms with Gasteiger partial charge in [-0.25, -0.2) is 4.98 Å². The summed E-state index contributed by atoms with van der Waals surface area (Å²) >= 11 is 3.21. The topological polar surface area (TPSA) is 12.9 Å². The van der Waals surface area contributed by atoms with E-state index in [1.807, 2.05) is 6.92 Å². The first-order valence-corrected chi connectivity index (χ1v) is 3.83. The van der Waals surface area contributed by atoms with Gasteiger partial charge in [-0.3, -0.25) is 0 Å². The highest BCUT2D eigenvalue weighted by atomic mass is 79.9. The molecule has 0 radical (unpaired) electrons. The highest BCUT2D eigenvalue weighted by Crippen LogP contribution is 2.12. The van der Waals surface area contributed by atoms with Gasteiger partial charge in [-0.05, 0) is 28.4 Å². The summed E-state index contributed by atoms with van der Waals surface area (Å²) in [7, 11) is 0. The molecule has 0 aliphatic rings. The lowest BCUT2D eigenvalue weighted by atomic mass is 10.2. The minimum absolute atomic E-state index is 0.370. The molecule has 1 rings (SSSR count). The van der Waals surface area contributed by atoms with Crippen molar-refractivity contribution in [3.63, 3.8) is 0 Å². The molecule has 0 saturated heterocycles. The van der Waals surface area contributed by atoms with Crippen LogP contribution in [0.5, 0.6) is 0 Å². The second-order valence-corrected chi connectivity index (χ2v) is 2.87. The predicted octanol–water partition coefficient (Wildman–Crippen LogP) is 2.55. The van der Waals surface area contributed by atoms with Gasteiger partial charge in [0.25, 0.3) is 0 Å². The summed E-state index contributed by atoms with van der Waals surface area (Å²) in [5.74, 6) is -0.370. The van der Waals surface area contributed by atoms with Crippen molar-refractivity contribution in [3.05, 3.63) is 28.2 Å². The maximum absolute atomic E-state index is 12.6. The lowest BCUT2D eigenvalue weighted by Gasteiger charge is -1.96. The van der Waals surface area contributed by atoms with E-state index in [1.54, 1.807) is 6.07 Å². The van der Waals surface area contributed by atoms with Crippen molar-refractivity contribution >= 4 is 15.9 Å². The molecule has 0 atom stereocenters.